The Labute approximate surface area is 122 Å². The van der Waals surface area contributed by atoms with Gasteiger partial charge in [-0.2, -0.15) is 0 Å². The molecule has 2 aromatic heterocycles. The molecule has 0 saturated heterocycles. The molecule has 108 valence electrons. The molecule has 20 heavy (non-hydrogen) atoms. The second kappa shape index (κ2) is 7.26. The number of carboxylic acid groups (broad SMARTS) is 1. The smallest absolute Gasteiger partial charge is 0.308 e. The van der Waals surface area contributed by atoms with Crippen molar-refractivity contribution in [2.75, 3.05) is 0 Å². The lowest BCUT2D eigenvalue weighted by Crippen LogP contribution is -2.25. The summed E-state index contributed by atoms with van der Waals surface area (Å²) in [6.45, 7) is 2.93. The van der Waals surface area contributed by atoms with Crippen LogP contribution in [0.15, 0.2) is 34.9 Å². The van der Waals surface area contributed by atoms with Crippen molar-refractivity contribution >= 4 is 17.3 Å². The maximum atomic E-state index is 10.6. The monoisotopic (exact) mass is 293 g/mol. The molecule has 0 aliphatic carbocycles. The van der Waals surface area contributed by atoms with Crippen LogP contribution >= 0.6 is 11.3 Å². The van der Waals surface area contributed by atoms with Crippen molar-refractivity contribution in [1.29, 1.82) is 0 Å². The van der Waals surface area contributed by atoms with E-state index < -0.39 is 5.97 Å². The van der Waals surface area contributed by atoms with E-state index in [9.17, 15) is 4.79 Å². The number of aliphatic carboxylic acids is 1. The molecular weight excluding hydrogens is 274 g/mol. The number of hydrogen-bond acceptors (Lipinski definition) is 4. The van der Waals surface area contributed by atoms with Crippen molar-refractivity contribution in [2.45, 2.75) is 38.8 Å². The highest BCUT2D eigenvalue weighted by Gasteiger charge is 2.07. The Morgan fingerprint density at radius 1 is 1.40 bits per heavy atom. The number of rotatable bonds is 8. The topological polar surface area (TPSA) is 62.5 Å². The van der Waals surface area contributed by atoms with Crippen LogP contribution in [0.3, 0.4) is 0 Å². The summed E-state index contributed by atoms with van der Waals surface area (Å²) in [5.41, 5.74) is 0. The van der Waals surface area contributed by atoms with Crippen LogP contribution in [0.25, 0.3) is 0 Å². The molecule has 0 aliphatic heterocycles. The van der Waals surface area contributed by atoms with Crippen LogP contribution in [0.1, 0.15) is 28.9 Å². The number of nitrogens with one attached hydrogen (secondary N) is 1. The molecule has 2 aromatic rings. The third-order valence-corrected chi connectivity index (χ3v) is 4.16. The lowest BCUT2D eigenvalue weighted by Gasteiger charge is -2.11. The van der Waals surface area contributed by atoms with Gasteiger partial charge >= 0.3 is 5.97 Å². The van der Waals surface area contributed by atoms with E-state index in [-0.39, 0.29) is 6.42 Å². The van der Waals surface area contributed by atoms with E-state index in [1.54, 1.807) is 17.6 Å². The zero-order chi connectivity index (χ0) is 14.4. The third-order valence-electron chi connectivity index (χ3n) is 3.07. The molecule has 0 aromatic carbocycles. The molecule has 0 radical (unpaired) electrons. The minimum absolute atomic E-state index is 0.110. The minimum atomic E-state index is -0.779. The standard InChI is InChI=1S/C15H19NO3S/c1-11(4-5-12-3-2-8-19-12)16-10-14-7-6-13(20-14)9-15(17)18/h2-3,6-8,11,16H,4-5,9-10H2,1H3,(H,17,18). The number of carbonyl (C=O) groups is 1. The zero-order valence-corrected chi connectivity index (χ0v) is 12.3. The lowest BCUT2D eigenvalue weighted by molar-refractivity contribution is -0.136. The van der Waals surface area contributed by atoms with E-state index in [2.05, 4.69) is 12.2 Å². The fourth-order valence-corrected chi connectivity index (χ4v) is 2.91. The Morgan fingerprint density at radius 3 is 2.90 bits per heavy atom. The molecule has 0 fully saturated rings. The largest absolute Gasteiger partial charge is 0.481 e. The van der Waals surface area contributed by atoms with Crippen LogP contribution in [0, 0.1) is 0 Å². The van der Waals surface area contributed by atoms with Crippen LogP contribution in [-0.4, -0.2) is 17.1 Å². The van der Waals surface area contributed by atoms with Crippen LogP contribution in [0.5, 0.6) is 0 Å². The number of thiophene rings is 1. The molecule has 4 nitrogen and oxygen atoms in total. The van der Waals surface area contributed by atoms with Gasteiger partial charge in [0.1, 0.15) is 5.76 Å². The maximum Gasteiger partial charge on any atom is 0.308 e. The summed E-state index contributed by atoms with van der Waals surface area (Å²) >= 11 is 1.56. The van der Waals surface area contributed by atoms with Gasteiger partial charge in [0.25, 0.3) is 0 Å². The van der Waals surface area contributed by atoms with Gasteiger partial charge in [0.05, 0.1) is 12.7 Å². The second-order valence-electron chi connectivity index (χ2n) is 4.84. The van der Waals surface area contributed by atoms with E-state index in [1.807, 2.05) is 24.3 Å². The highest BCUT2D eigenvalue weighted by atomic mass is 32.1. The van der Waals surface area contributed by atoms with Crippen LogP contribution < -0.4 is 5.32 Å². The summed E-state index contributed by atoms with van der Waals surface area (Å²) in [4.78, 5) is 12.7. The average Bonchev–Trinajstić information content (AvgIpc) is 3.04. The third kappa shape index (κ3) is 4.83. The van der Waals surface area contributed by atoms with E-state index in [0.29, 0.717) is 6.04 Å². The number of furan rings is 1. The van der Waals surface area contributed by atoms with Gasteiger partial charge in [0.2, 0.25) is 0 Å². The average molecular weight is 293 g/mol. The van der Waals surface area contributed by atoms with Crippen molar-refractivity contribution in [3.05, 3.63) is 46.0 Å². The van der Waals surface area contributed by atoms with Gasteiger partial charge in [0.15, 0.2) is 0 Å². The Bertz CT molecular complexity index is 533. The van der Waals surface area contributed by atoms with E-state index in [4.69, 9.17) is 9.52 Å². The Morgan fingerprint density at radius 2 is 2.20 bits per heavy atom. The fraction of sp³-hybridized carbons (Fsp3) is 0.400. The van der Waals surface area contributed by atoms with Gasteiger partial charge in [-0.3, -0.25) is 4.79 Å². The van der Waals surface area contributed by atoms with Gasteiger partial charge in [-0.15, -0.1) is 11.3 Å². The summed E-state index contributed by atoms with van der Waals surface area (Å²) in [7, 11) is 0. The van der Waals surface area contributed by atoms with Crippen molar-refractivity contribution in [3.63, 3.8) is 0 Å². The normalized spacial score (nSPS) is 12.4. The van der Waals surface area contributed by atoms with Crippen LogP contribution in [0.2, 0.25) is 0 Å². The molecule has 0 aliphatic rings. The molecule has 0 spiro atoms. The van der Waals surface area contributed by atoms with E-state index >= 15 is 0 Å². The minimum Gasteiger partial charge on any atom is -0.481 e. The lowest BCUT2D eigenvalue weighted by atomic mass is 10.1. The highest BCUT2D eigenvalue weighted by Crippen LogP contribution is 2.17. The Hall–Kier alpha value is -1.59. The van der Waals surface area contributed by atoms with E-state index in [1.165, 1.54) is 4.88 Å². The molecular formula is C15H19NO3S. The summed E-state index contributed by atoms with van der Waals surface area (Å²) in [5, 5.41) is 12.2. The van der Waals surface area contributed by atoms with Crippen molar-refractivity contribution in [3.8, 4) is 0 Å². The summed E-state index contributed by atoms with van der Waals surface area (Å²) in [5.74, 6) is 0.233. The summed E-state index contributed by atoms with van der Waals surface area (Å²) < 4.78 is 5.31. The zero-order valence-electron chi connectivity index (χ0n) is 11.5. The predicted molar refractivity (Wildman–Crippen MR) is 79.0 cm³/mol. The molecule has 5 heteroatoms. The van der Waals surface area contributed by atoms with Crippen molar-refractivity contribution in [2.24, 2.45) is 0 Å². The highest BCUT2D eigenvalue weighted by molar-refractivity contribution is 7.12. The summed E-state index contributed by atoms with van der Waals surface area (Å²) in [6, 6.07) is 8.18. The first-order valence-electron chi connectivity index (χ1n) is 6.68. The Kier molecular flexibility index (Phi) is 5.38. The van der Waals surface area contributed by atoms with Gasteiger partial charge in [-0.1, -0.05) is 0 Å². The fourth-order valence-electron chi connectivity index (χ4n) is 1.95. The molecule has 1 atom stereocenters. The predicted octanol–water partition coefficient (Wildman–Crippen LogP) is 3.08. The first kappa shape index (κ1) is 14.8. The van der Waals surface area contributed by atoms with E-state index in [0.717, 1.165) is 30.0 Å². The molecule has 0 saturated carbocycles. The maximum absolute atomic E-state index is 10.6. The number of carboxylic acids is 1. The van der Waals surface area contributed by atoms with Crippen molar-refractivity contribution in [1.82, 2.24) is 5.32 Å². The van der Waals surface area contributed by atoms with Crippen LogP contribution in [0.4, 0.5) is 0 Å². The number of aryl methyl sites for hydroxylation is 1. The van der Waals surface area contributed by atoms with Crippen LogP contribution in [-0.2, 0) is 24.2 Å². The first-order chi connectivity index (χ1) is 9.63. The quantitative estimate of drug-likeness (QED) is 0.785. The number of hydrogen-bond donors (Lipinski definition) is 2. The van der Waals surface area contributed by atoms with Gasteiger partial charge in [-0.25, -0.2) is 0 Å². The molecule has 2 rings (SSSR count). The molecule has 2 N–H and O–H groups in total. The van der Waals surface area contributed by atoms with Gasteiger partial charge in [0, 0.05) is 28.8 Å². The van der Waals surface area contributed by atoms with Crippen molar-refractivity contribution < 1.29 is 14.3 Å². The molecule has 1 unspecified atom stereocenters. The SMILES string of the molecule is CC(CCc1ccco1)NCc1ccc(CC(=O)O)s1. The second-order valence-corrected chi connectivity index (χ2v) is 6.09. The van der Waals surface area contributed by atoms with Gasteiger partial charge < -0.3 is 14.8 Å². The molecule has 0 bridgehead atoms. The molecule has 2 heterocycles. The summed E-state index contributed by atoms with van der Waals surface area (Å²) in [6.07, 6.45) is 3.75. The Balaban J connectivity index is 1.71. The van der Waals surface area contributed by atoms with Gasteiger partial charge in [-0.05, 0) is 37.6 Å². The first-order valence-corrected chi connectivity index (χ1v) is 7.50. The molecule has 0 amide bonds.